The summed E-state index contributed by atoms with van der Waals surface area (Å²) in [5.41, 5.74) is 8.11. The summed E-state index contributed by atoms with van der Waals surface area (Å²) in [4.78, 5) is 4.20. The first-order valence-corrected chi connectivity index (χ1v) is 6.28. The molecule has 2 aromatic heterocycles. The Morgan fingerprint density at radius 2 is 1.90 bits per heavy atom. The van der Waals surface area contributed by atoms with Gasteiger partial charge in [-0.2, -0.15) is 5.10 Å². The molecule has 0 amide bonds. The first kappa shape index (κ1) is 13.2. The van der Waals surface area contributed by atoms with E-state index in [4.69, 9.17) is 5.73 Å². The number of anilines is 1. The van der Waals surface area contributed by atoms with Gasteiger partial charge in [0.05, 0.1) is 11.9 Å². The van der Waals surface area contributed by atoms with Gasteiger partial charge in [-0.15, -0.1) is 0 Å². The number of nitrogens with two attached hydrogens (primary N) is 1. The second-order valence-electron chi connectivity index (χ2n) is 4.70. The molecule has 0 unspecified atom stereocenters. The van der Waals surface area contributed by atoms with Gasteiger partial charge in [0.25, 0.3) is 0 Å². The summed E-state index contributed by atoms with van der Waals surface area (Å²) >= 11 is 0. The number of rotatable bonds is 2. The van der Waals surface area contributed by atoms with Crippen LogP contribution in [0, 0.1) is 18.6 Å². The summed E-state index contributed by atoms with van der Waals surface area (Å²) in [6.07, 6.45) is 3.26. The highest BCUT2D eigenvalue weighted by Crippen LogP contribution is 2.26. The third kappa shape index (κ3) is 2.47. The van der Waals surface area contributed by atoms with Crippen LogP contribution in [0.25, 0.3) is 17.1 Å². The van der Waals surface area contributed by atoms with E-state index in [0.29, 0.717) is 22.8 Å². The van der Waals surface area contributed by atoms with Crippen LogP contribution in [0.3, 0.4) is 0 Å². The lowest BCUT2D eigenvalue weighted by Crippen LogP contribution is -1.98. The molecule has 0 aliphatic carbocycles. The maximum atomic E-state index is 13.3. The summed E-state index contributed by atoms with van der Waals surface area (Å²) in [7, 11) is 0. The van der Waals surface area contributed by atoms with Crippen LogP contribution < -0.4 is 5.73 Å². The Balaban J connectivity index is 2.07. The topological polar surface area (TPSA) is 56.7 Å². The van der Waals surface area contributed by atoms with E-state index in [9.17, 15) is 8.78 Å². The van der Waals surface area contributed by atoms with Gasteiger partial charge in [0.15, 0.2) is 17.5 Å². The van der Waals surface area contributed by atoms with E-state index in [1.807, 2.05) is 19.1 Å². The zero-order chi connectivity index (χ0) is 15.0. The molecule has 21 heavy (non-hydrogen) atoms. The summed E-state index contributed by atoms with van der Waals surface area (Å²) in [6, 6.07) is 7.27. The first-order chi connectivity index (χ1) is 10.0. The SMILES string of the molecule is Cc1ccnc(-n2cc(N)c(-c3ccc(F)c(F)c3)n2)c1. The van der Waals surface area contributed by atoms with Crippen LogP contribution in [0.15, 0.2) is 42.7 Å². The van der Waals surface area contributed by atoms with Crippen LogP contribution in [-0.4, -0.2) is 14.8 Å². The van der Waals surface area contributed by atoms with Gasteiger partial charge < -0.3 is 5.73 Å². The van der Waals surface area contributed by atoms with Crippen molar-refractivity contribution < 1.29 is 8.78 Å². The molecule has 4 nitrogen and oxygen atoms in total. The fourth-order valence-corrected chi connectivity index (χ4v) is 2.02. The number of aromatic nitrogens is 3. The van der Waals surface area contributed by atoms with Crippen molar-refractivity contribution in [2.45, 2.75) is 6.92 Å². The quantitative estimate of drug-likeness (QED) is 0.787. The molecule has 0 saturated carbocycles. The zero-order valence-electron chi connectivity index (χ0n) is 11.2. The molecule has 3 rings (SSSR count). The van der Waals surface area contributed by atoms with Crippen molar-refractivity contribution in [1.29, 1.82) is 0 Å². The van der Waals surface area contributed by atoms with Gasteiger partial charge in [-0.25, -0.2) is 18.4 Å². The van der Waals surface area contributed by atoms with E-state index >= 15 is 0 Å². The molecule has 0 spiro atoms. The van der Waals surface area contributed by atoms with Crippen molar-refractivity contribution in [2.75, 3.05) is 5.73 Å². The molecule has 2 N–H and O–H groups in total. The Morgan fingerprint density at radius 3 is 2.62 bits per heavy atom. The van der Waals surface area contributed by atoms with E-state index < -0.39 is 11.6 Å². The summed E-state index contributed by atoms with van der Waals surface area (Å²) in [6.45, 7) is 1.94. The first-order valence-electron chi connectivity index (χ1n) is 6.28. The smallest absolute Gasteiger partial charge is 0.159 e. The van der Waals surface area contributed by atoms with Crippen molar-refractivity contribution in [3.05, 3.63) is 59.9 Å². The maximum Gasteiger partial charge on any atom is 0.159 e. The Bertz CT molecular complexity index is 811. The predicted octanol–water partition coefficient (Wildman–Crippen LogP) is 3.10. The molecule has 0 radical (unpaired) electrons. The van der Waals surface area contributed by atoms with Crippen molar-refractivity contribution >= 4 is 5.69 Å². The molecule has 106 valence electrons. The van der Waals surface area contributed by atoms with Crippen molar-refractivity contribution in [2.24, 2.45) is 0 Å². The summed E-state index contributed by atoms with van der Waals surface area (Å²) in [5, 5.41) is 4.30. The molecule has 0 saturated heterocycles. The molecule has 0 fully saturated rings. The highest BCUT2D eigenvalue weighted by atomic mass is 19.2. The van der Waals surface area contributed by atoms with Gasteiger partial charge in [0, 0.05) is 11.8 Å². The molecule has 2 heterocycles. The van der Waals surface area contributed by atoms with E-state index in [1.165, 1.54) is 10.7 Å². The van der Waals surface area contributed by atoms with Gasteiger partial charge in [-0.05, 0) is 42.8 Å². The molecule has 0 bridgehead atoms. The monoisotopic (exact) mass is 286 g/mol. The highest BCUT2D eigenvalue weighted by molar-refractivity contribution is 5.72. The Labute approximate surface area is 119 Å². The Hall–Kier alpha value is -2.76. The molecular formula is C15H12F2N4. The maximum absolute atomic E-state index is 13.3. The van der Waals surface area contributed by atoms with Gasteiger partial charge >= 0.3 is 0 Å². The average molecular weight is 286 g/mol. The Kier molecular flexibility index (Phi) is 3.13. The van der Waals surface area contributed by atoms with Crippen LogP contribution in [-0.2, 0) is 0 Å². The third-order valence-corrected chi connectivity index (χ3v) is 3.07. The van der Waals surface area contributed by atoms with Crippen LogP contribution >= 0.6 is 0 Å². The second-order valence-corrected chi connectivity index (χ2v) is 4.70. The fraction of sp³-hybridized carbons (Fsp3) is 0.0667. The van der Waals surface area contributed by atoms with E-state index in [1.54, 1.807) is 12.4 Å². The number of pyridine rings is 1. The minimum absolute atomic E-state index is 0.365. The van der Waals surface area contributed by atoms with Crippen molar-refractivity contribution in [3.63, 3.8) is 0 Å². The predicted molar refractivity (Wildman–Crippen MR) is 75.9 cm³/mol. The minimum atomic E-state index is -0.935. The fourth-order valence-electron chi connectivity index (χ4n) is 2.02. The number of hydrogen-bond donors (Lipinski definition) is 1. The number of benzene rings is 1. The average Bonchev–Trinajstić information content (AvgIpc) is 2.84. The molecule has 0 aliphatic heterocycles. The number of halogens is 2. The summed E-state index contributed by atoms with van der Waals surface area (Å²) in [5.74, 6) is -1.23. The number of aryl methyl sites for hydroxylation is 1. The largest absolute Gasteiger partial charge is 0.396 e. The van der Waals surface area contributed by atoms with Crippen LogP contribution in [0.1, 0.15) is 5.56 Å². The molecule has 6 heteroatoms. The number of hydrogen-bond acceptors (Lipinski definition) is 3. The van der Waals surface area contributed by atoms with Crippen LogP contribution in [0.4, 0.5) is 14.5 Å². The molecule has 3 aromatic rings. The van der Waals surface area contributed by atoms with Crippen LogP contribution in [0.2, 0.25) is 0 Å². The number of nitrogen functional groups attached to an aromatic ring is 1. The van der Waals surface area contributed by atoms with Gasteiger partial charge in [0.2, 0.25) is 0 Å². The van der Waals surface area contributed by atoms with E-state index in [2.05, 4.69) is 10.1 Å². The van der Waals surface area contributed by atoms with Crippen molar-refractivity contribution in [3.8, 4) is 17.1 Å². The normalized spacial score (nSPS) is 10.8. The molecular weight excluding hydrogens is 274 g/mol. The van der Waals surface area contributed by atoms with E-state index in [-0.39, 0.29) is 0 Å². The summed E-state index contributed by atoms with van der Waals surface area (Å²) < 4.78 is 27.8. The third-order valence-electron chi connectivity index (χ3n) is 3.07. The second kappa shape index (κ2) is 4.97. The lowest BCUT2D eigenvalue weighted by atomic mass is 10.1. The van der Waals surface area contributed by atoms with Gasteiger partial charge in [-0.1, -0.05) is 0 Å². The molecule has 0 atom stereocenters. The lowest BCUT2D eigenvalue weighted by molar-refractivity contribution is 0.509. The standard InChI is InChI=1S/C15H12F2N4/c1-9-4-5-19-14(6-9)21-8-13(18)15(20-21)10-2-3-11(16)12(17)7-10/h2-8H,18H2,1H3. The van der Waals surface area contributed by atoms with E-state index in [0.717, 1.165) is 17.7 Å². The minimum Gasteiger partial charge on any atom is -0.396 e. The highest BCUT2D eigenvalue weighted by Gasteiger charge is 2.12. The van der Waals surface area contributed by atoms with Gasteiger partial charge in [0.1, 0.15) is 5.69 Å². The lowest BCUT2D eigenvalue weighted by Gasteiger charge is -2.01. The molecule has 1 aromatic carbocycles. The van der Waals surface area contributed by atoms with Crippen LogP contribution in [0.5, 0.6) is 0 Å². The zero-order valence-corrected chi connectivity index (χ0v) is 11.2. The van der Waals surface area contributed by atoms with Gasteiger partial charge in [-0.3, -0.25) is 0 Å². The number of nitrogens with zero attached hydrogens (tertiary/aromatic N) is 3. The van der Waals surface area contributed by atoms with Crippen molar-refractivity contribution in [1.82, 2.24) is 14.8 Å². The Morgan fingerprint density at radius 1 is 1.10 bits per heavy atom. The molecule has 0 aliphatic rings.